The predicted molar refractivity (Wildman–Crippen MR) is 178 cm³/mol. The Kier molecular flexibility index (Phi) is 6.40. The summed E-state index contributed by atoms with van der Waals surface area (Å²) in [7, 11) is 0. The lowest BCUT2D eigenvalue weighted by Gasteiger charge is -2.29. The van der Waals surface area contributed by atoms with Crippen LogP contribution in [0.2, 0.25) is 0 Å². The van der Waals surface area contributed by atoms with Gasteiger partial charge in [0.15, 0.2) is 0 Å². The lowest BCUT2D eigenvalue weighted by molar-refractivity contribution is 0.660. The Bertz CT molecular complexity index is 1800. The first-order valence-corrected chi connectivity index (χ1v) is 14.6. The fraction of sp³-hybridized carbons (Fsp3) is 0.100. The minimum atomic E-state index is -0.161. The van der Waals surface area contributed by atoms with E-state index in [1.165, 1.54) is 33.5 Å². The van der Waals surface area contributed by atoms with Gasteiger partial charge in [-0.25, -0.2) is 0 Å². The molecule has 2 nitrogen and oxygen atoms in total. The smallest absolute Gasteiger partial charge is 0.0465 e. The van der Waals surface area contributed by atoms with Gasteiger partial charge in [-0.15, -0.1) is 0 Å². The van der Waals surface area contributed by atoms with Crippen molar-refractivity contribution in [2.75, 3.05) is 9.80 Å². The first kappa shape index (κ1) is 25.9. The van der Waals surface area contributed by atoms with Gasteiger partial charge < -0.3 is 9.80 Å². The van der Waals surface area contributed by atoms with Gasteiger partial charge in [0.05, 0.1) is 0 Å². The van der Waals surface area contributed by atoms with Crippen LogP contribution in [0.4, 0.5) is 34.1 Å². The molecule has 0 fully saturated rings. The topological polar surface area (TPSA) is 6.48 Å². The summed E-state index contributed by atoms with van der Waals surface area (Å²) in [6.07, 6.45) is 0. The number of hydrogen-bond acceptors (Lipinski definition) is 2. The van der Waals surface area contributed by atoms with Gasteiger partial charge in [-0.2, -0.15) is 0 Å². The second kappa shape index (κ2) is 10.4. The van der Waals surface area contributed by atoms with Crippen molar-refractivity contribution in [1.29, 1.82) is 0 Å². The molecule has 1 aliphatic rings. The molecule has 7 rings (SSSR count). The number of para-hydroxylation sites is 3. The molecule has 0 unspecified atom stereocenters. The molecular formula is C40H34N2. The van der Waals surface area contributed by atoms with Crippen molar-refractivity contribution in [3.05, 3.63) is 168 Å². The third-order valence-electron chi connectivity index (χ3n) is 8.49. The molecule has 0 saturated heterocycles. The summed E-state index contributed by atoms with van der Waals surface area (Å²) in [4.78, 5) is 4.70. The van der Waals surface area contributed by atoms with Crippen LogP contribution >= 0.6 is 0 Å². The van der Waals surface area contributed by atoms with Crippen LogP contribution in [-0.2, 0) is 5.41 Å². The quantitative estimate of drug-likeness (QED) is 0.206. The highest BCUT2D eigenvalue weighted by molar-refractivity contribution is 5.88. The molecule has 0 aromatic heterocycles. The van der Waals surface area contributed by atoms with E-state index in [4.69, 9.17) is 0 Å². The van der Waals surface area contributed by atoms with Gasteiger partial charge in [-0.3, -0.25) is 0 Å². The number of fused-ring (bicyclic) bond motifs is 3. The lowest BCUT2D eigenvalue weighted by Crippen LogP contribution is -2.17. The van der Waals surface area contributed by atoms with Crippen molar-refractivity contribution in [1.82, 2.24) is 0 Å². The molecule has 0 spiro atoms. The third-order valence-corrected chi connectivity index (χ3v) is 8.49. The zero-order valence-electron chi connectivity index (χ0n) is 24.3. The summed E-state index contributed by atoms with van der Waals surface area (Å²) in [6, 6.07) is 54.7. The molecule has 6 aromatic carbocycles. The van der Waals surface area contributed by atoms with Crippen LogP contribution in [0.3, 0.4) is 0 Å². The summed E-state index contributed by atoms with van der Waals surface area (Å²) >= 11 is 0. The van der Waals surface area contributed by atoms with E-state index < -0.39 is 0 Å². The van der Waals surface area contributed by atoms with Gasteiger partial charge in [0, 0.05) is 39.5 Å². The second-order valence-electron chi connectivity index (χ2n) is 11.6. The average molecular weight is 543 g/mol. The molecular weight excluding hydrogens is 508 g/mol. The Hall–Kier alpha value is -5.08. The van der Waals surface area contributed by atoms with Crippen LogP contribution in [0, 0.1) is 6.92 Å². The Morgan fingerprint density at radius 2 is 0.714 bits per heavy atom. The summed E-state index contributed by atoms with van der Waals surface area (Å²) in [5.74, 6) is 0. The van der Waals surface area contributed by atoms with Gasteiger partial charge >= 0.3 is 0 Å². The Balaban J connectivity index is 1.34. The fourth-order valence-electron chi connectivity index (χ4n) is 6.31. The van der Waals surface area contributed by atoms with Crippen LogP contribution in [0.5, 0.6) is 0 Å². The van der Waals surface area contributed by atoms with Crippen molar-refractivity contribution in [3.63, 3.8) is 0 Å². The maximum Gasteiger partial charge on any atom is 0.0465 e. The minimum absolute atomic E-state index is 0.161. The number of benzene rings is 6. The normalized spacial score (nSPS) is 12.8. The molecule has 6 aromatic rings. The lowest BCUT2D eigenvalue weighted by atomic mass is 9.82. The maximum absolute atomic E-state index is 2.40. The first-order valence-electron chi connectivity index (χ1n) is 14.6. The number of hydrogen-bond donors (Lipinski definition) is 0. The fourth-order valence-corrected chi connectivity index (χ4v) is 6.31. The van der Waals surface area contributed by atoms with Gasteiger partial charge in [-0.1, -0.05) is 98.3 Å². The zero-order valence-corrected chi connectivity index (χ0v) is 24.3. The highest BCUT2D eigenvalue weighted by Gasteiger charge is 2.36. The molecule has 2 heteroatoms. The van der Waals surface area contributed by atoms with E-state index in [1.807, 2.05) is 0 Å². The zero-order chi connectivity index (χ0) is 28.7. The van der Waals surface area contributed by atoms with Crippen LogP contribution in [0.1, 0.15) is 30.5 Å². The highest BCUT2D eigenvalue weighted by Crippen LogP contribution is 2.52. The molecule has 0 saturated carbocycles. The van der Waals surface area contributed by atoms with Gasteiger partial charge in [0.1, 0.15) is 0 Å². The molecule has 1 aliphatic carbocycles. The predicted octanol–water partition coefficient (Wildman–Crippen LogP) is 11.2. The Morgan fingerprint density at radius 3 is 1.10 bits per heavy atom. The van der Waals surface area contributed by atoms with Crippen molar-refractivity contribution < 1.29 is 0 Å². The van der Waals surface area contributed by atoms with E-state index in [-0.39, 0.29) is 5.41 Å². The third kappa shape index (κ3) is 4.46. The van der Waals surface area contributed by atoms with E-state index in [2.05, 4.69) is 182 Å². The molecule has 0 heterocycles. The van der Waals surface area contributed by atoms with E-state index in [1.54, 1.807) is 0 Å². The number of rotatable bonds is 6. The van der Waals surface area contributed by atoms with Crippen LogP contribution in [0.25, 0.3) is 11.1 Å². The second-order valence-corrected chi connectivity index (χ2v) is 11.6. The number of nitrogens with zero attached hydrogens (tertiary/aromatic N) is 2. The molecule has 0 aliphatic heterocycles. The number of anilines is 6. The SMILES string of the molecule is Cc1ccc(N(c2ccccc2)c2ccc3c(c2)C(C)(C)c2cc(N(c4ccccc4)c4ccccc4)ccc2-3)cc1. The van der Waals surface area contributed by atoms with E-state index in [9.17, 15) is 0 Å². The van der Waals surface area contributed by atoms with E-state index in [0.717, 1.165) is 28.4 Å². The molecule has 0 amide bonds. The Morgan fingerprint density at radius 1 is 0.381 bits per heavy atom. The summed E-state index contributed by atoms with van der Waals surface area (Å²) in [5.41, 5.74) is 13.4. The summed E-state index contributed by atoms with van der Waals surface area (Å²) < 4.78 is 0. The molecule has 0 radical (unpaired) electrons. The van der Waals surface area contributed by atoms with Gasteiger partial charge in [-0.05, 0) is 102 Å². The van der Waals surface area contributed by atoms with Crippen LogP contribution < -0.4 is 9.80 Å². The van der Waals surface area contributed by atoms with Crippen molar-refractivity contribution in [2.24, 2.45) is 0 Å². The molecule has 204 valence electrons. The largest absolute Gasteiger partial charge is 0.310 e. The molecule has 0 N–H and O–H groups in total. The van der Waals surface area contributed by atoms with Crippen molar-refractivity contribution >= 4 is 34.1 Å². The molecule has 0 atom stereocenters. The summed E-state index contributed by atoms with van der Waals surface area (Å²) in [5, 5.41) is 0. The monoisotopic (exact) mass is 542 g/mol. The standard InChI is InChI=1S/C40H34N2/c1-29-19-21-33(22-20-29)42(32-17-11-6-12-18-32)35-24-26-37-36-25-23-34(27-38(36)40(2,3)39(37)28-35)41(30-13-7-4-8-14-30)31-15-9-5-10-16-31/h4-28H,1-3H3. The van der Waals surface area contributed by atoms with E-state index >= 15 is 0 Å². The summed E-state index contributed by atoms with van der Waals surface area (Å²) in [6.45, 7) is 6.86. The maximum atomic E-state index is 2.40. The van der Waals surface area contributed by atoms with E-state index in [0.29, 0.717) is 0 Å². The Labute approximate surface area is 249 Å². The van der Waals surface area contributed by atoms with Crippen molar-refractivity contribution in [2.45, 2.75) is 26.2 Å². The highest BCUT2D eigenvalue weighted by atomic mass is 15.1. The van der Waals surface area contributed by atoms with Gasteiger partial charge in [0.25, 0.3) is 0 Å². The molecule has 0 bridgehead atoms. The van der Waals surface area contributed by atoms with Crippen LogP contribution in [-0.4, -0.2) is 0 Å². The molecule has 42 heavy (non-hydrogen) atoms. The minimum Gasteiger partial charge on any atom is -0.310 e. The number of aryl methyl sites for hydroxylation is 1. The first-order chi connectivity index (χ1) is 20.5. The van der Waals surface area contributed by atoms with Gasteiger partial charge in [0.2, 0.25) is 0 Å². The van der Waals surface area contributed by atoms with Crippen molar-refractivity contribution in [3.8, 4) is 11.1 Å². The average Bonchev–Trinajstić information content (AvgIpc) is 3.25. The van der Waals surface area contributed by atoms with Crippen LogP contribution in [0.15, 0.2) is 152 Å².